The molecule has 1 atom stereocenters. The van der Waals surface area contributed by atoms with E-state index in [1.807, 2.05) is 99.6 Å². The highest BCUT2D eigenvalue weighted by atomic mass is 16.6. The molecule has 0 bridgehead atoms. The maximum Gasteiger partial charge on any atom is 0.410 e. The third kappa shape index (κ3) is 7.27. The van der Waals surface area contributed by atoms with Crippen molar-refractivity contribution in [2.45, 2.75) is 51.8 Å². The molecule has 1 fully saturated rings. The fourth-order valence-electron chi connectivity index (χ4n) is 5.83. The molecule has 47 heavy (non-hydrogen) atoms. The smallest absolute Gasteiger partial charge is 0.410 e. The number of fused-ring (bicyclic) bond motifs is 1. The summed E-state index contributed by atoms with van der Waals surface area (Å²) in [7, 11) is 3.28. The summed E-state index contributed by atoms with van der Waals surface area (Å²) in [5, 5.41) is 9.65. The van der Waals surface area contributed by atoms with Gasteiger partial charge in [-0.2, -0.15) is 5.10 Å². The van der Waals surface area contributed by atoms with Crippen molar-refractivity contribution in [3.05, 3.63) is 90.6 Å². The Morgan fingerprint density at radius 2 is 1.68 bits per heavy atom. The summed E-state index contributed by atoms with van der Waals surface area (Å²) in [6.07, 6.45) is 3.22. The minimum absolute atomic E-state index is 0.0369. The number of anilines is 1. The monoisotopic (exact) mass is 635 g/mol. The van der Waals surface area contributed by atoms with E-state index in [0.717, 1.165) is 63.6 Å². The van der Waals surface area contributed by atoms with Crippen molar-refractivity contribution in [3.8, 4) is 34.3 Å². The zero-order valence-corrected chi connectivity index (χ0v) is 27.5. The molecule has 10 nitrogen and oxygen atoms in total. The van der Waals surface area contributed by atoms with E-state index in [1.165, 1.54) is 0 Å². The first kappa shape index (κ1) is 31.7. The number of pyridine rings is 1. The van der Waals surface area contributed by atoms with Crippen LogP contribution in [-0.4, -0.2) is 58.7 Å². The molecular formula is C37H41N5O5. The number of likely N-dealkylation sites (tertiary alicyclic amines) is 1. The van der Waals surface area contributed by atoms with Crippen LogP contribution in [0.3, 0.4) is 0 Å². The molecule has 2 aromatic heterocycles. The Labute approximate surface area is 275 Å². The van der Waals surface area contributed by atoms with E-state index >= 15 is 0 Å². The fourth-order valence-corrected chi connectivity index (χ4v) is 5.83. The largest absolute Gasteiger partial charge is 0.497 e. The Hall–Kier alpha value is -5.25. The lowest BCUT2D eigenvalue weighted by Crippen LogP contribution is -2.43. The molecule has 1 N–H and O–H groups in total. The molecule has 0 spiro atoms. The molecule has 1 saturated heterocycles. The van der Waals surface area contributed by atoms with Crippen LogP contribution in [0, 0.1) is 0 Å². The molecule has 1 aliphatic heterocycles. The topological polar surface area (TPSA) is 100.0 Å². The molecule has 3 aromatic carbocycles. The van der Waals surface area contributed by atoms with Gasteiger partial charge in [-0.3, -0.25) is 4.68 Å². The number of nitrogens with zero attached hydrogens (tertiary/aromatic N) is 4. The molecule has 6 rings (SSSR count). The normalized spacial score (nSPS) is 14.9. The summed E-state index contributed by atoms with van der Waals surface area (Å²) in [5.41, 5.74) is 3.04. The van der Waals surface area contributed by atoms with Crippen LogP contribution in [0.5, 0.6) is 23.0 Å². The van der Waals surface area contributed by atoms with Crippen molar-refractivity contribution < 1.29 is 23.7 Å². The lowest BCUT2D eigenvalue weighted by molar-refractivity contribution is 0.0169. The highest BCUT2D eigenvalue weighted by Gasteiger charge is 2.31. The second-order valence-electron chi connectivity index (χ2n) is 12.5. The van der Waals surface area contributed by atoms with E-state index in [1.54, 1.807) is 25.3 Å². The number of amides is 1. The number of para-hydroxylation sites is 1. The quantitative estimate of drug-likeness (QED) is 0.174. The zero-order valence-electron chi connectivity index (χ0n) is 27.5. The van der Waals surface area contributed by atoms with Crippen molar-refractivity contribution in [2.24, 2.45) is 0 Å². The molecular weight excluding hydrogens is 594 g/mol. The molecule has 1 unspecified atom stereocenters. The number of hydrogen-bond donors (Lipinski definition) is 1. The number of piperidine rings is 1. The maximum atomic E-state index is 13.0. The standard InChI is InChI=1S/C37H41N5O5/c1-37(2,3)47-36(43)41-21-9-10-27(24-41)42-31-19-20-38-35(39-23-26-15-18-30(44-4)22-32(26)45-5)33(31)34(40-42)25-13-16-29(17-14-25)46-28-11-7-6-8-12-28/h6-8,11-20,22,27H,9-10,21,23-24H2,1-5H3,(H,38,39). The van der Waals surface area contributed by atoms with Crippen LogP contribution in [0.2, 0.25) is 0 Å². The predicted molar refractivity (Wildman–Crippen MR) is 182 cm³/mol. The third-order valence-corrected chi connectivity index (χ3v) is 8.06. The van der Waals surface area contributed by atoms with Crippen molar-refractivity contribution in [2.75, 3.05) is 32.6 Å². The second-order valence-corrected chi connectivity index (χ2v) is 12.5. The van der Waals surface area contributed by atoms with Gasteiger partial charge in [-0.05, 0) is 88.2 Å². The van der Waals surface area contributed by atoms with Gasteiger partial charge in [0, 0.05) is 43.0 Å². The minimum atomic E-state index is -0.565. The summed E-state index contributed by atoms with van der Waals surface area (Å²) in [4.78, 5) is 19.6. The molecule has 3 heterocycles. The van der Waals surface area contributed by atoms with Gasteiger partial charge < -0.3 is 29.2 Å². The van der Waals surface area contributed by atoms with Crippen LogP contribution in [0.25, 0.3) is 22.2 Å². The summed E-state index contributed by atoms with van der Waals surface area (Å²) in [6, 6.07) is 25.3. The van der Waals surface area contributed by atoms with Gasteiger partial charge in [0.1, 0.15) is 40.1 Å². The summed E-state index contributed by atoms with van der Waals surface area (Å²) in [6.45, 7) is 7.29. The van der Waals surface area contributed by atoms with Gasteiger partial charge in [-0.25, -0.2) is 9.78 Å². The average molecular weight is 636 g/mol. The predicted octanol–water partition coefficient (Wildman–Crippen LogP) is 8.09. The van der Waals surface area contributed by atoms with E-state index in [2.05, 4.69) is 10.00 Å². The maximum absolute atomic E-state index is 13.0. The average Bonchev–Trinajstić information content (AvgIpc) is 3.48. The van der Waals surface area contributed by atoms with Crippen molar-refractivity contribution in [1.29, 1.82) is 0 Å². The Balaban J connectivity index is 1.36. The first-order valence-corrected chi connectivity index (χ1v) is 15.9. The van der Waals surface area contributed by atoms with E-state index in [9.17, 15) is 4.79 Å². The number of carbonyl (C=O) groups is 1. The van der Waals surface area contributed by atoms with E-state index in [4.69, 9.17) is 29.0 Å². The van der Waals surface area contributed by atoms with Crippen molar-refractivity contribution in [3.63, 3.8) is 0 Å². The van der Waals surface area contributed by atoms with Crippen LogP contribution < -0.4 is 19.5 Å². The number of ether oxygens (including phenoxy) is 4. The Bertz CT molecular complexity index is 1830. The lowest BCUT2D eigenvalue weighted by atomic mass is 10.1. The van der Waals surface area contributed by atoms with Crippen LogP contribution in [0.1, 0.15) is 45.2 Å². The molecule has 10 heteroatoms. The number of benzene rings is 3. The number of hydrogen-bond acceptors (Lipinski definition) is 8. The second kappa shape index (κ2) is 13.6. The highest BCUT2D eigenvalue weighted by Crippen LogP contribution is 2.37. The van der Waals surface area contributed by atoms with Gasteiger partial charge in [0.25, 0.3) is 0 Å². The van der Waals surface area contributed by atoms with Gasteiger partial charge in [0.2, 0.25) is 0 Å². The van der Waals surface area contributed by atoms with Gasteiger partial charge in [-0.15, -0.1) is 0 Å². The minimum Gasteiger partial charge on any atom is -0.497 e. The molecule has 5 aromatic rings. The van der Waals surface area contributed by atoms with E-state index in [0.29, 0.717) is 25.5 Å². The Kier molecular flexibility index (Phi) is 9.19. The van der Waals surface area contributed by atoms with Gasteiger partial charge in [0.15, 0.2) is 0 Å². The number of aromatic nitrogens is 3. The zero-order chi connectivity index (χ0) is 33.0. The molecule has 1 aliphatic rings. The molecule has 0 saturated carbocycles. The SMILES string of the molecule is COc1ccc(CNc2nccc3c2c(-c2ccc(Oc4ccccc4)cc2)nn3C2CCCN(C(=O)OC(C)(C)C)C2)c(OC)c1. The summed E-state index contributed by atoms with van der Waals surface area (Å²) >= 11 is 0. The molecule has 1 amide bonds. The van der Waals surface area contributed by atoms with E-state index in [-0.39, 0.29) is 12.1 Å². The number of carbonyl (C=O) groups excluding carboxylic acids is 1. The first-order valence-electron chi connectivity index (χ1n) is 15.9. The van der Waals surface area contributed by atoms with Crippen LogP contribution in [-0.2, 0) is 11.3 Å². The fraction of sp³-hybridized carbons (Fsp3) is 0.324. The third-order valence-electron chi connectivity index (χ3n) is 8.06. The number of methoxy groups -OCH3 is 2. The summed E-state index contributed by atoms with van der Waals surface area (Å²) in [5.74, 6) is 3.64. The van der Waals surface area contributed by atoms with Crippen molar-refractivity contribution >= 4 is 22.8 Å². The highest BCUT2D eigenvalue weighted by molar-refractivity contribution is 6.01. The van der Waals surface area contributed by atoms with Crippen LogP contribution >= 0.6 is 0 Å². The lowest BCUT2D eigenvalue weighted by Gasteiger charge is -2.34. The number of nitrogens with one attached hydrogen (secondary N) is 1. The van der Waals surface area contributed by atoms with E-state index < -0.39 is 5.60 Å². The number of rotatable bonds is 9. The molecule has 0 radical (unpaired) electrons. The Morgan fingerprint density at radius 1 is 0.936 bits per heavy atom. The summed E-state index contributed by atoms with van der Waals surface area (Å²) < 4.78 is 24.8. The van der Waals surface area contributed by atoms with Crippen LogP contribution in [0.4, 0.5) is 10.6 Å². The molecule has 244 valence electrons. The van der Waals surface area contributed by atoms with Gasteiger partial charge in [-0.1, -0.05) is 18.2 Å². The van der Waals surface area contributed by atoms with Gasteiger partial charge in [0.05, 0.1) is 31.2 Å². The van der Waals surface area contributed by atoms with Crippen molar-refractivity contribution in [1.82, 2.24) is 19.7 Å². The van der Waals surface area contributed by atoms with Crippen LogP contribution in [0.15, 0.2) is 85.1 Å². The first-order chi connectivity index (χ1) is 22.7. The van der Waals surface area contributed by atoms with Gasteiger partial charge >= 0.3 is 6.09 Å². The molecule has 0 aliphatic carbocycles. The Morgan fingerprint density at radius 3 is 2.40 bits per heavy atom.